The van der Waals surface area contributed by atoms with Gasteiger partial charge in [-0.05, 0) is 24.5 Å². The molecule has 0 bridgehead atoms. The lowest BCUT2D eigenvalue weighted by Crippen LogP contribution is -2.31. The zero-order valence-corrected chi connectivity index (χ0v) is 10.4. The molecule has 0 aliphatic carbocycles. The predicted molar refractivity (Wildman–Crippen MR) is 72.4 cm³/mol. The van der Waals surface area contributed by atoms with Crippen LogP contribution in [0.4, 0.5) is 11.6 Å². The first-order chi connectivity index (χ1) is 8.75. The third-order valence-electron chi connectivity index (χ3n) is 3.53. The van der Waals surface area contributed by atoms with Crippen LogP contribution in [-0.2, 0) is 13.0 Å². The fourth-order valence-electron chi connectivity index (χ4n) is 2.45. The molecule has 0 radical (unpaired) electrons. The summed E-state index contributed by atoms with van der Waals surface area (Å²) >= 11 is 0. The van der Waals surface area contributed by atoms with E-state index in [1.54, 1.807) is 0 Å². The summed E-state index contributed by atoms with van der Waals surface area (Å²) in [4.78, 5) is 10.7. The maximum atomic E-state index is 5.84. The van der Waals surface area contributed by atoms with Crippen molar-refractivity contribution in [3.05, 3.63) is 47.3 Å². The lowest BCUT2D eigenvalue weighted by atomic mass is 10.00. The summed E-state index contributed by atoms with van der Waals surface area (Å²) in [6.45, 7) is 3.85. The molecule has 1 aliphatic heterocycles. The second kappa shape index (κ2) is 4.29. The second-order valence-corrected chi connectivity index (χ2v) is 4.65. The van der Waals surface area contributed by atoms with E-state index in [0.29, 0.717) is 5.82 Å². The first-order valence-corrected chi connectivity index (χ1v) is 6.14. The zero-order chi connectivity index (χ0) is 12.5. The van der Waals surface area contributed by atoms with Gasteiger partial charge >= 0.3 is 0 Å². The van der Waals surface area contributed by atoms with Crippen LogP contribution in [0.3, 0.4) is 0 Å². The first kappa shape index (κ1) is 11.0. The summed E-state index contributed by atoms with van der Waals surface area (Å²) in [5.41, 5.74) is 9.63. The molecule has 0 atom stereocenters. The molecule has 0 fully saturated rings. The van der Waals surface area contributed by atoms with Gasteiger partial charge in [-0.1, -0.05) is 24.3 Å². The molecule has 0 amide bonds. The van der Waals surface area contributed by atoms with Gasteiger partial charge in [0.1, 0.15) is 18.0 Å². The van der Waals surface area contributed by atoms with E-state index in [2.05, 4.69) is 39.1 Å². The van der Waals surface area contributed by atoms with Crippen LogP contribution in [0.25, 0.3) is 0 Å². The monoisotopic (exact) mass is 240 g/mol. The fraction of sp³-hybridized carbons (Fsp3) is 0.286. The van der Waals surface area contributed by atoms with E-state index < -0.39 is 0 Å². The molecule has 0 saturated carbocycles. The topological polar surface area (TPSA) is 55.0 Å². The summed E-state index contributed by atoms with van der Waals surface area (Å²) < 4.78 is 0. The van der Waals surface area contributed by atoms with Gasteiger partial charge in [0, 0.05) is 18.7 Å². The number of fused-ring (bicyclic) bond motifs is 1. The molecule has 1 aromatic carbocycles. The van der Waals surface area contributed by atoms with Crippen LogP contribution in [0.1, 0.15) is 16.7 Å². The van der Waals surface area contributed by atoms with Crippen LogP contribution in [0.15, 0.2) is 30.6 Å². The lowest BCUT2D eigenvalue weighted by molar-refractivity contribution is 0.716. The van der Waals surface area contributed by atoms with Gasteiger partial charge in [0.2, 0.25) is 0 Å². The number of hydrogen-bond acceptors (Lipinski definition) is 4. The molecule has 0 saturated heterocycles. The molecule has 2 N–H and O–H groups in total. The third-order valence-corrected chi connectivity index (χ3v) is 3.53. The molecule has 4 heteroatoms. The van der Waals surface area contributed by atoms with Crippen molar-refractivity contribution in [3.8, 4) is 0 Å². The summed E-state index contributed by atoms with van der Waals surface area (Å²) in [5.74, 6) is 1.52. The average Bonchev–Trinajstić information content (AvgIpc) is 2.41. The van der Waals surface area contributed by atoms with Crippen molar-refractivity contribution in [2.24, 2.45) is 0 Å². The highest BCUT2D eigenvalue weighted by Crippen LogP contribution is 2.26. The largest absolute Gasteiger partial charge is 0.383 e. The van der Waals surface area contributed by atoms with Gasteiger partial charge in [-0.2, -0.15) is 0 Å². The minimum atomic E-state index is 0.568. The zero-order valence-electron chi connectivity index (χ0n) is 10.4. The van der Waals surface area contributed by atoms with Crippen molar-refractivity contribution in [1.29, 1.82) is 0 Å². The van der Waals surface area contributed by atoms with Gasteiger partial charge in [0.05, 0.1) is 0 Å². The summed E-state index contributed by atoms with van der Waals surface area (Å²) in [5, 5.41) is 0. The minimum absolute atomic E-state index is 0.568. The lowest BCUT2D eigenvalue weighted by Gasteiger charge is -2.30. The SMILES string of the molecule is Cc1c(N)ncnc1N1CCc2ccccc2C1. The molecule has 0 unspecified atom stereocenters. The quantitative estimate of drug-likeness (QED) is 0.827. The smallest absolute Gasteiger partial charge is 0.137 e. The summed E-state index contributed by atoms with van der Waals surface area (Å²) in [6, 6.07) is 8.57. The van der Waals surface area contributed by atoms with Crippen molar-refractivity contribution in [1.82, 2.24) is 9.97 Å². The van der Waals surface area contributed by atoms with Crippen LogP contribution in [0, 0.1) is 6.92 Å². The fourth-order valence-corrected chi connectivity index (χ4v) is 2.45. The van der Waals surface area contributed by atoms with E-state index in [1.807, 2.05) is 6.92 Å². The van der Waals surface area contributed by atoms with E-state index in [9.17, 15) is 0 Å². The minimum Gasteiger partial charge on any atom is -0.383 e. The van der Waals surface area contributed by atoms with Crippen molar-refractivity contribution in [2.45, 2.75) is 19.9 Å². The van der Waals surface area contributed by atoms with Crippen LogP contribution in [0.2, 0.25) is 0 Å². The second-order valence-electron chi connectivity index (χ2n) is 4.65. The molecule has 2 heterocycles. The van der Waals surface area contributed by atoms with Gasteiger partial charge in [-0.15, -0.1) is 0 Å². The number of nitrogen functional groups attached to an aromatic ring is 1. The Morgan fingerprint density at radius 2 is 1.94 bits per heavy atom. The Morgan fingerprint density at radius 1 is 1.17 bits per heavy atom. The number of anilines is 2. The molecule has 1 aromatic heterocycles. The van der Waals surface area contributed by atoms with Crippen LogP contribution in [0.5, 0.6) is 0 Å². The average molecular weight is 240 g/mol. The van der Waals surface area contributed by atoms with E-state index in [-0.39, 0.29) is 0 Å². The Morgan fingerprint density at radius 3 is 2.78 bits per heavy atom. The van der Waals surface area contributed by atoms with Crippen LogP contribution >= 0.6 is 0 Å². The Hall–Kier alpha value is -2.10. The molecular formula is C14H16N4. The van der Waals surface area contributed by atoms with Gasteiger partial charge in [-0.3, -0.25) is 0 Å². The van der Waals surface area contributed by atoms with Crippen LogP contribution in [-0.4, -0.2) is 16.5 Å². The number of aromatic nitrogens is 2. The predicted octanol–water partition coefficient (Wildman–Crippen LogP) is 1.93. The van der Waals surface area contributed by atoms with Gasteiger partial charge in [0.25, 0.3) is 0 Å². The Bertz CT molecular complexity index is 580. The normalized spacial score (nSPS) is 14.4. The third kappa shape index (κ3) is 1.79. The van der Waals surface area contributed by atoms with Gasteiger partial charge < -0.3 is 10.6 Å². The number of rotatable bonds is 1. The Balaban J connectivity index is 1.94. The Labute approximate surface area is 106 Å². The van der Waals surface area contributed by atoms with Crippen molar-refractivity contribution in [3.63, 3.8) is 0 Å². The molecule has 4 nitrogen and oxygen atoms in total. The van der Waals surface area contributed by atoms with E-state index in [0.717, 1.165) is 30.9 Å². The Kier molecular flexibility index (Phi) is 2.63. The van der Waals surface area contributed by atoms with E-state index in [1.165, 1.54) is 17.5 Å². The number of hydrogen-bond donors (Lipinski definition) is 1. The molecule has 3 rings (SSSR count). The maximum absolute atomic E-state index is 5.84. The van der Waals surface area contributed by atoms with Gasteiger partial charge in [-0.25, -0.2) is 9.97 Å². The maximum Gasteiger partial charge on any atom is 0.137 e. The summed E-state index contributed by atoms with van der Waals surface area (Å²) in [7, 11) is 0. The highest BCUT2D eigenvalue weighted by molar-refractivity contribution is 5.56. The van der Waals surface area contributed by atoms with E-state index >= 15 is 0 Å². The number of nitrogens with zero attached hydrogens (tertiary/aromatic N) is 3. The highest BCUT2D eigenvalue weighted by atomic mass is 15.2. The standard InChI is InChI=1S/C14H16N4/c1-10-13(15)16-9-17-14(10)18-7-6-11-4-2-3-5-12(11)8-18/h2-5,9H,6-8H2,1H3,(H2,15,16,17). The van der Waals surface area contributed by atoms with Crippen LogP contribution < -0.4 is 10.6 Å². The van der Waals surface area contributed by atoms with Gasteiger partial charge in [0.15, 0.2) is 0 Å². The molecule has 2 aromatic rings. The summed E-state index contributed by atoms with van der Waals surface area (Å²) in [6.07, 6.45) is 2.59. The molecule has 1 aliphatic rings. The molecular weight excluding hydrogens is 224 g/mol. The van der Waals surface area contributed by atoms with Crippen molar-refractivity contribution < 1.29 is 0 Å². The highest BCUT2D eigenvalue weighted by Gasteiger charge is 2.19. The number of nitrogens with two attached hydrogens (primary N) is 1. The molecule has 0 spiro atoms. The number of benzene rings is 1. The molecule has 92 valence electrons. The van der Waals surface area contributed by atoms with E-state index in [4.69, 9.17) is 5.73 Å². The van der Waals surface area contributed by atoms with Crippen molar-refractivity contribution in [2.75, 3.05) is 17.2 Å². The molecule has 18 heavy (non-hydrogen) atoms. The first-order valence-electron chi connectivity index (χ1n) is 6.14. The van der Waals surface area contributed by atoms with Crippen molar-refractivity contribution >= 4 is 11.6 Å².